The topological polar surface area (TPSA) is 61.0 Å². The van der Waals surface area contributed by atoms with Crippen LogP contribution >= 0.6 is 0 Å². The van der Waals surface area contributed by atoms with Gasteiger partial charge in [-0.25, -0.2) is 9.97 Å². The Labute approximate surface area is 128 Å². The minimum absolute atomic E-state index is 0.166. The van der Waals surface area contributed by atoms with Gasteiger partial charge < -0.3 is 10.5 Å². The van der Waals surface area contributed by atoms with Gasteiger partial charge in [0.05, 0.1) is 0 Å². The van der Waals surface area contributed by atoms with E-state index >= 15 is 0 Å². The van der Waals surface area contributed by atoms with E-state index in [1.807, 2.05) is 6.92 Å². The van der Waals surface area contributed by atoms with Crippen molar-refractivity contribution >= 4 is 0 Å². The van der Waals surface area contributed by atoms with Crippen LogP contribution in [0.3, 0.4) is 0 Å². The summed E-state index contributed by atoms with van der Waals surface area (Å²) in [5, 5.41) is 0. The number of aromatic nitrogens is 2. The largest absolute Gasteiger partial charge is 0.370 e. The number of nitrogens with two attached hydrogens (primary N) is 1. The van der Waals surface area contributed by atoms with Crippen LogP contribution in [-0.4, -0.2) is 23.1 Å². The molecule has 1 heterocycles. The molecule has 0 saturated heterocycles. The fourth-order valence-corrected chi connectivity index (χ4v) is 3.17. The van der Waals surface area contributed by atoms with E-state index in [1.165, 1.54) is 25.7 Å². The van der Waals surface area contributed by atoms with E-state index in [4.69, 9.17) is 20.4 Å². The molecule has 4 heteroatoms. The molecule has 1 aromatic heterocycles. The van der Waals surface area contributed by atoms with Crippen LogP contribution in [-0.2, 0) is 16.8 Å². The molecule has 0 amide bonds. The molecule has 1 aromatic rings. The average molecular weight is 291 g/mol. The number of aryl methyl sites for hydroxylation is 1. The second kappa shape index (κ2) is 7.32. The highest BCUT2D eigenvalue weighted by Crippen LogP contribution is 2.37. The van der Waals surface area contributed by atoms with E-state index in [0.29, 0.717) is 0 Å². The van der Waals surface area contributed by atoms with Crippen molar-refractivity contribution < 1.29 is 4.74 Å². The van der Waals surface area contributed by atoms with Crippen molar-refractivity contribution in [2.24, 2.45) is 5.73 Å². The van der Waals surface area contributed by atoms with Crippen LogP contribution in [0.4, 0.5) is 0 Å². The Morgan fingerprint density at radius 2 is 1.90 bits per heavy atom. The molecule has 1 fully saturated rings. The molecule has 1 unspecified atom stereocenters. The summed E-state index contributed by atoms with van der Waals surface area (Å²) in [7, 11) is 1.80. The van der Waals surface area contributed by atoms with E-state index in [1.54, 1.807) is 7.11 Å². The molecule has 0 aromatic carbocycles. The van der Waals surface area contributed by atoms with Crippen molar-refractivity contribution in [2.45, 2.75) is 76.9 Å². The van der Waals surface area contributed by atoms with Crippen molar-refractivity contribution in [3.8, 4) is 0 Å². The standard InChI is InChI=1S/C17H29N3O/c1-4-14(18)12-15-11-13(2)19-16(20-15)17(21-3)9-7-5-6-8-10-17/h11,14H,4-10,12,18H2,1-3H3. The predicted octanol–water partition coefficient (Wildman–Crippen LogP) is 3.26. The maximum atomic E-state index is 6.08. The van der Waals surface area contributed by atoms with Crippen molar-refractivity contribution in [1.82, 2.24) is 9.97 Å². The summed E-state index contributed by atoms with van der Waals surface area (Å²) < 4.78 is 5.93. The van der Waals surface area contributed by atoms with Gasteiger partial charge in [0, 0.05) is 31.0 Å². The molecule has 4 nitrogen and oxygen atoms in total. The summed E-state index contributed by atoms with van der Waals surface area (Å²) in [5.74, 6) is 0.866. The Hall–Kier alpha value is -1.00. The number of ether oxygens (including phenoxy) is 1. The van der Waals surface area contributed by atoms with Gasteiger partial charge in [-0.15, -0.1) is 0 Å². The van der Waals surface area contributed by atoms with Crippen LogP contribution in [0.1, 0.15) is 69.1 Å². The molecule has 1 aliphatic rings. The lowest BCUT2D eigenvalue weighted by atomic mass is 9.92. The van der Waals surface area contributed by atoms with E-state index in [9.17, 15) is 0 Å². The van der Waals surface area contributed by atoms with Crippen molar-refractivity contribution in [3.05, 3.63) is 23.3 Å². The highest BCUT2D eigenvalue weighted by Gasteiger charge is 2.36. The minimum atomic E-state index is -0.298. The Bertz CT molecular complexity index is 453. The summed E-state index contributed by atoms with van der Waals surface area (Å²) in [5.41, 5.74) is 7.85. The summed E-state index contributed by atoms with van der Waals surface area (Å²) in [4.78, 5) is 9.51. The normalized spacial score (nSPS) is 20.0. The molecule has 0 spiro atoms. The third-order valence-corrected chi connectivity index (χ3v) is 4.61. The van der Waals surface area contributed by atoms with Crippen molar-refractivity contribution in [3.63, 3.8) is 0 Å². The number of hydrogen-bond acceptors (Lipinski definition) is 4. The fraction of sp³-hybridized carbons (Fsp3) is 0.765. The Kier molecular flexibility index (Phi) is 5.71. The molecule has 118 valence electrons. The maximum Gasteiger partial charge on any atom is 0.160 e. The van der Waals surface area contributed by atoms with Crippen LogP contribution in [0.15, 0.2) is 6.07 Å². The summed E-state index contributed by atoms with van der Waals surface area (Å²) >= 11 is 0. The zero-order chi connectivity index (χ0) is 15.3. The van der Waals surface area contributed by atoms with Gasteiger partial charge in [-0.05, 0) is 32.3 Å². The molecule has 1 atom stereocenters. The van der Waals surface area contributed by atoms with Gasteiger partial charge in [0.1, 0.15) is 5.60 Å². The van der Waals surface area contributed by atoms with Gasteiger partial charge in [-0.3, -0.25) is 0 Å². The minimum Gasteiger partial charge on any atom is -0.370 e. The Morgan fingerprint density at radius 1 is 1.24 bits per heavy atom. The molecular weight excluding hydrogens is 262 g/mol. The van der Waals surface area contributed by atoms with Crippen LogP contribution in [0.2, 0.25) is 0 Å². The SMILES string of the molecule is CCC(N)Cc1cc(C)nc(C2(OC)CCCCCC2)n1. The summed E-state index contributed by atoms with van der Waals surface area (Å²) in [6, 6.07) is 2.22. The molecule has 2 rings (SSSR count). The third-order valence-electron chi connectivity index (χ3n) is 4.61. The number of hydrogen-bond donors (Lipinski definition) is 1. The van der Waals surface area contributed by atoms with Crippen LogP contribution < -0.4 is 5.73 Å². The van der Waals surface area contributed by atoms with E-state index < -0.39 is 0 Å². The lowest BCUT2D eigenvalue weighted by Gasteiger charge is -2.30. The number of rotatable bonds is 5. The van der Waals surface area contributed by atoms with Crippen LogP contribution in [0.5, 0.6) is 0 Å². The zero-order valence-corrected chi connectivity index (χ0v) is 13.7. The van der Waals surface area contributed by atoms with Gasteiger partial charge in [-0.1, -0.05) is 32.6 Å². The second-order valence-electron chi connectivity index (χ2n) is 6.31. The Balaban J connectivity index is 2.31. The summed E-state index contributed by atoms with van der Waals surface area (Å²) in [6.45, 7) is 4.15. The molecule has 2 N–H and O–H groups in total. The molecule has 0 aliphatic heterocycles. The van der Waals surface area contributed by atoms with E-state index in [-0.39, 0.29) is 11.6 Å². The molecule has 0 bridgehead atoms. The van der Waals surface area contributed by atoms with E-state index in [2.05, 4.69) is 13.0 Å². The van der Waals surface area contributed by atoms with E-state index in [0.717, 1.165) is 42.9 Å². The van der Waals surface area contributed by atoms with Gasteiger partial charge in [0.2, 0.25) is 0 Å². The molecular formula is C17H29N3O. The lowest BCUT2D eigenvalue weighted by Crippen LogP contribution is -2.31. The molecule has 1 aliphatic carbocycles. The van der Waals surface area contributed by atoms with Gasteiger partial charge >= 0.3 is 0 Å². The first-order valence-electron chi connectivity index (χ1n) is 8.25. The van der Waals surface area contributed by atoms with Crippen LogP contribution in [0.25, 0.3) is 0 Å². The van der Waals surface area contributed by atoms with Crippen molar-refractivity contribution in [2.75, 3.05) is 7.11 Å². The average Bonchev–Trinajstić information content (AvgIpc) is 2.73. The maximum absolute atomic E-state index is 6.08. The highest BCUT2D eigenvalue weighted by molar-refractivity contribution is 5.15. The first kappa shape index (κ1) is 16.4. The quantitative estimate of drug-likeness (QED) is 0.846. The smallest absolute Gasteiger partial charge is 0.160 e. The Morgan fingerprint density at radius 3 is 2.48 bits per heavy atom. The highest BCUT2D eigenvalue weighted by atomic mass is 16.5. The van der Waals surface area contributed by atoms with Gasteiger partial charge in [0.15, 0.2) is 5.82 Å². The van der Waals surface area contributed by atoms with Gasteiger partial charge in [0.25, 0.3) is 0 Å². The van der Waals surface area contributed by atoms with Crippen molar-refractivity contribution in [1.29, 1.82) is 0 Å². The summed E-state index contributed by atoms with van der Waals surface area (Å²) in [6.07, 6.45) is 8.76. The molecule has 1 saturated carbocycles. The second-order valence-corrected chi connectivity index (χ2v) is 6.31. The first-order chi connectivity index (χ1) is 10.1. The predicted molar refractivity (Wildman–Crippen MR) is 85.1 cm³/mol. The fourth-order valence-electron chi connectivity index (χ4n) is 3.17. The monoisotopic (exact) mass is 291 g/mol. The van der Waals surface area contributed by atoms with Crippen LogP contribution in [0, 0.1) is 6.92 Å². The number of methoxy groups -OCH3 is 1. The van der Waals surface area contributed by atoms with Gasteiger partial charge in [-0.2, -0.15) is 0 Å². The number of nitrogens with zero attached hydrogens (tertiary/aromatic N) is 2. The molecule has 21 heavy (non-hydrogen) atoms. The third kappa shape index (κ3) is 4.01. The zero-order valence-electron chi connectivity index (χ0n) is 13.7. The lowest BCUT2D eigenvalue weighted by molar-refractivity contribution is -0.0354. The first-order valence-corrected chi connectivity index (χ1v) is 8.25. The molecule has 0 radical (unpaired) electrons.